The summed E-state index contributed by atoms with van der Waals surface area (Å²) in [4.78, 5) is 20.6. The molecule has 2 heterocycles. The summed E-state index contributed by atoms with van der Waals surface area (Å²) in [5.41, 5.74) is 0.0609. The summed E-state index contributed by atoms with van der Waals surface area (Å²) in [6.07, 6.45) is -1.48. The van der Waals surface area contributed by atoms with E-state index in [9.17, 15) is 18.0 Å². The highest BCUT2D eigenvalue weighted by Crippen LogP contribution is 2.35. The Morgan fingerprint density at radius 2 is 1.92 bits per heavy atom. The number of fused-ring (bicyclic) bond motifs is 1. The minimum absolute atomic E-state index is 0.0791. The van der Waals surface area contributed by atoms with Crippen LogP contribution >= 0.6 is 0 Å². The second kappa shape index (κ2) is 6.19. The minimum atomic E-state index is -4.51. The van der Waals surface area contributed by atoms with Crippen LogP contribution in [-0.2, 0) is 10.9 Å². The smallest absolute Gasteiger partial charge is 0.416 e. The van der Waals surface area contributed by atoms with Crippen LogP contribution in [0.1, 0.15) is 28.5 Å². The monoisotopic (exact) mass is 349 g/mol. The second-order valence-electron chi connectivity index (χ2n) is 5.29. The first-order chi connectivity index (χ1) is 11.8. The number of hydrogen-bond acceptors (Lipinski definition) is 4. The molecule has 25 heavy (non-hydrogen) atoms. The molecule has 3 rings (SSSR count). The topological polar surface area (TPSA) is 57.0 Å². The summed E-state index contributed by atoms with van der Waals surface area (Å²) in [6, 6.07) is 4.85. The Hall–Kier alpha value is -2.90. The number of alkyl halides is 3. The van der Waals surface area contributed by atoms with E-state index in [4.69, 9.17) is 4.74 Å². The highest BCUT2D eigenvalue weighted by molar-refractivity contribution is 6.06. The van der Waals surface area contributed by atoms with Crippen molar-refractivity contribution in [2.45, 2.75) is 20.0 Å². The van der Waals surface area contributed by atoms with Crippen LogP contribution in [0, 0.1) is 6.92 Å². The van der Waals surface area contributed by atoms with Crippen LogP contribution in [0.5, 0.6) is 0 Å². The summed E-state index contributed by atoms with van der Waals surface area (Å²) < 4.78 is 45.8. The van der Waals surface area contributed by atoms with Crippen LogP contribution in [0.3, 0.4) is 0 Å². The van der Waals surface area contributed by atoms with E-state index in [1.54, 1.807) is 24.5 Å². The van der Waals surface area contributed by atoms with Crippen molar-refractivity contribution in [3.63, 3.8) is 0 Å². The molecule has 0 bridgehead atoms. The lowest BCUT2D eigenvalue weighted by molar-refractivity contribution is -0.137. The molecular weight excluding hydrogens is 335 g/mol. The molecule has 0 spiro atoms. The van der Waals surface area contributed by atoms with Gasteiger partial charge in [-0.2, -0.15) is 13.2 Å². The average Bonchev–Trinajstić information content (AvgIpc) is 2.86. The zero-order valence-electron chi connectivity index (χ0n) is 13.5. The first-order valence-electron chi connectivity index (χ1n) is 7.51. The number of nitrogens with zero attached hydrogens (tertiary/aromatic N) is 3. The van der Waals surface area contributed by atoms with E-state index < -0.39 is 17.7 Å². The lowest BCUT2D eigenvalue weighted by atomic mass is 10.1. The lowest BCUT2D eigenvalue weighted by Gasteiger charge is -2.08. The van der Waals surface area contributed by atoms with Crippen molar-refractivity contribution in [3.05, 3.63) is 53.5 Å². The Morgan fingerprint density at radius 3 is 2.52 bits per heavy atom. The van der Waals surface area contributed by atoms with Crippen LogP contribution in [0.15, 0.2) is 36.7 Å². The standard InChI is InChI=1S/C17H14F3N3O2/c1-3-25-15(24)14-10(2)23(16-21-7-4-8-22-16)13-6-5-11(9-12(13)14)17(18,19)20/h4-9H,3H2,1-2H3. The Balaban J connectivity index is 2.35. The third kappa shape index (κ3) is 2.95. The van der Waals surface area contributed by atoms with E-state index in [1.165, 1.54) is 18.5 Å². The van der Waals surface area contributed by atoms with Gasteiger partial charge < -0.3 is 4.74 Å². The summed E-state index contributed by atoms with van der Waals surface area (Å²) in [5.74, 6) is -0.417. The van der Waals surface area contributed by atoms with Crippen molar-refractivity contribution >= 4 is 16.9 Å². The van der Waals surface area contributed by atoms with Crippen molar-refractivity contribution < 1.29 is 22.7 Å². The molecule has 0 unspecified atom stereocenters. The first kappa shape index (κ1) is 16.9. The molecule has 0 saturated heterocycles. The third-order valence-electron chi connectivity index (χ3n) is 3.76. The first-order valence-corrected chi connectivity index (χ1v) is 7.51. The van der Waals surface area contributed by atoms with Gasteiger partial charge in [-0.15, -0.1) is 0 Å². The van der Waals surface area contributed by atoms with Gasteiger partial charge in [0.25, 0.3) is 0 Å². The normalized spacial score (nSPS) is 11.7. The molecule has 0 atom stereocenters. The summed E-state index contributed by atoms with van der Waals surface area (Å²) in [6.45, 7) is 3.37. The van der Waals surface area contributed by atoms with E-state index in [1.807, 2.05) is 0 Å². The molecule has 0 amide bonds. The zero-order chi connectivity index (χ0) is 18.2. The maximum atomic E-state index is 13.1. The maximum Gasteiger partial charge on any atom is 0.416 e. The van der Waals surface area contributed by atoms with Crippen molar-refractivity contribution in [3.8, 4) is 5.95 Å². The number of esters is 1. The van der Waals surface area contributed by atoms with Crippen molar-refractivity contribution in [2.24, 2.45) is 0 Å². The van der Waals surface area contributed by atoms with Gasteiger partial charge in [-0.05, 0) is 38.1 Å². The molecule has 0 aliphatic carbocycles. The fraction of sp³-hybridized carbons (Fsp3) is 0.235. The summed E-state index contributed by atoms with van der Waals surface area (Å²) in [7, 11) is 0. The number of halogens is 3. The second-order valence-corrected chi connectivity index (χ2v) is 5.29. The van der Waals surface area contributed by atoms with Gasteiger partial charge in [-0.1, -0.05) is 0 Å². The molecule has 2 aromatic heterocycles. The summed E-state index contributed by atoms with van der Waals surface area (Å²) >= 11 is 0. The fourth-order valence-electron chi connectivity index (χ4n) is 2.72. The third-order valence-corrected chi connectivity index (χ3v) is 3.76. The Morgan fingerprint density at radius 1 is 1.24 bits per heavy atom. The number of rotatable bonds is 3. The minimum Gasteiger partial charge on any atom is -0.462 e. The van der Waals surface area contributed by atoms with Crippen molar-refractivity contribution in [2.75, 3.05) is 6.61 Å². The van der Waals surface area contributed by atoms with Crippen molar-refractivity contribution in [1.29, 1.82) is 0 Å². The van der Waals surface area contributed by atoms with E-state index in [2.05, 4.69) is 9.97 Å². The predicted molar refractivity (Wildman–Crippen MR) is 84.6 cm³/mol. The molecule has 0 fully saturated rings. The average molecular weight is 349 g/mol. The molecule has 0 aliphatic rings. The fourth-order valence-corrected chi connectivity index (χ4v) is 2.72. The van der Waals surface area contributed by atoms with Crippen molar-refractivity contribution in [1.82, 2.24) is 14.5 Å². The number of ether oxygens (including phenoxy) is 1. The Kier molecular flexibility index (Phi) is 4.20. The largest absolute Gasteiger partial charge is 0.462 e. The van der Waals surface area contributed by atoms with Gasteiger partial charge in [0, 0.05) is 23.5 Å². The van der Waals surface area contributed by atoms with Crippen LogP contribution in [0.4, 0.5) is 13.2 Å². The molecular formula is C17H14F3N3O2. The molecule has 0 saturated carbocycles. The molecule has 0 aliphatic heterocycles. The lowest BCUT2D eigenvalue weighted by Crippen LogP contribution is -2.08. The van der Waals surface area contributed by atoms with E-state index >= 15 is 0 Å². The highest BCUT2D eigenvalue weighted by atomic mass is 19.4. The van der Waals surface area contributed by atoms with Gasteiger partial charge >= 0.3 is 12.1 Å². The summed E-state index contributed by atoms with van der Waals surface area (Å²) in [5, 5.41) is 0.151. The number of hydrogen-bond donors (Lipinski definition) is 0. The Labute approximate surface area is 141 Å². The number of aromatic nitrogens is 3. The molecule has 0 radical (unpaired) electrons. The van der Waals surface area contributed by atoms with E-state index in [-0.39, 0.29) is 23.5 Å². The SMILES string of the molecule is CCOC(=O)c1c(C)n(-c2ncccn2)c2ccc(C(F)(F)F)cc12. The van der Waals surface area contributed by atoms with E-state index in [0.29, 0.717) is 11.2 Å². The molecule has 130 valence electrons. The number of benzene rings is 1. The molecule has 0 N–H and O–H groups in total. The zero-order valence-corrected chi connectivity index (χ0v) is 13.5. The molecule has 8 heteroatoms. The van der Waals surface area contributed by atoms with Crippen LogP contribution in [0.2, 0.25) is 0 Å². The highest BCUT2D eigenvalue weighted by Gasteiger charge is 2.32. The van der Waals surface area contributed by atoms with Crippen LogP contribution in [-0.4, -0.2) is 27.1 Å². The van der Waals surface area contributed by atoms with Crippen LogP contribution in [0.25, 0.3) is 16.9 Å². The quantitative estimate of drug-likeness (QED) is 0.673. The number of carbonyl (C=O) groups is 1. The van der Waals surface area contributed by atoms with Gasteiger partial charge in [0.05, 0.1) is 23.3 Å². The molecule has 5 nitrogen and oxygen atoms in total. The van der Waals surface area contributed by atoms with Gasteiger partial charge in [-0.25, -0.2) is 14.8 Å². The maximum absolute atomic E-state index is 13.1. The van der Waals surface area contributed by atoms with Gasteiger partial charge in [0.2, 0.25) is 5.95 Å². The predicted octanol–water partition coefficient (Wildman–Crippen LogP) is 3.92. The van der Waals surface area contributed by atoms with Gasteiger partial charge in [-0.3, -0.25) is 4.57 Å². The van der Waals surface area contributed by atoms with E-state index in [0.717, 1.165) is 12.1 Å². The number of carbonyl (C=O) groups excluding carboxylic acids is 1. The van der Waals surface area contributed by atoms with Gasteiger partial charge in [0.1, 0.15) is 0 Å². The van der Waals surface area contributed by atoms with Gasteiger partial charge in [0.15, 0.2) is 0 Å². The van der Waals surface area contributed by atoms with Crippen LogP contribution < -0.4 is 0 Å². The molecule has 1 aromatic carbocycles. The molecule has 3 aromatic rings. The Bertz CT molecular complexity index is 934.